The van der Waals surface area contributed by atoms with Gasteiger partial charge in [-0.3, -0.25) is 0 Å². The Morgan fingerprint density at radius 1 is 1.38 bits per heavy atom. The molecule has 0 aliphatic rings. The van der Waals surface area contributed by atoms with E-state index in [2.05, 4.69) is 4.98 Å². The molecule has 0 saturated heterocycles. The van der Waals surface area contributed by atoms with Crippen molar-refractivity contribution in [3.8, 4) is 0 Å². The summed E-state index contributed by atoms with van der Waals surface area (Å²) < 4.78 is 38.5. The second kappa shape index (κ2) is 3.48. The Hall–Kier alpha value is -1.56. The molecule has 0 spiro atoms. The zero-order valence-electron chi connectivity index (χ0n) is 8.36. The lowest BCUT2D eigenvalue weighted by molar-refractivity contribution is -0.206. The molecule has 1 aromatic carbocycles. The van der Waals surface area contributed by atoms with Crippen LogP contribution in [0.1, 0.15) is 11.7 Å². The van der Waals surface area contributed by atoms with Gasteiger partial charge >= 0.3 is 6.18 Å². The van der Waals surface area contributed by atoms with Crippen molar-refractivity contribution in [3.05, 3.63) is 30.1 Å². The number of alkyl halides is 3. The molecule has 0 fully saturated rings. The van der Waals surface area contributed by atoms with Crippen LogP contribution in [0.25, 0.3) is 11.0 Å². The predicted octanol–water partition coefficient (Wildman–Crippen LogP) is 2.17. The molecule has 86 valence electrons. The first-order valence-corrected chi connectivity index (χ1v) is 4.55. The number of rotatable bonds is 1. The van der Waals surface area contributed by atoms with E-state index in [1.165, 1.54) is 24.5 Å². The van der Waals surface area contributed by atoms with Gasteiger partial charge in [0.15, 0.2) is 6.10 Å². The third-order valence-electron chi connectivity index (χ3n) is 2.38. The lowest BCUT2D eigenvalue weighted by Crippen LogP contribution is -2.20. The SMILES string of the molecule is Cn1cnc2cc([C@@H](O)C(F)(F)F)ccc21. The molecule has 0 saturated carbocycles. The highest BCUT2D eigenvalue weighted by atomic mass is 19.4. The minimum absolute atomic E-state index is 0.196. The molecule has 16 heavy (non-hydrogen) atoms. The Kier molecular flexibility index (Phi) is 2.38. The number of aryl methyl sites for hydroxylation is 1. The largest absolute Gasteiger partial charge is 0.418 e. The number of imidazole rings is 1. The van der Waals surface area contributed by atoms with Gasteiger partial charge in [-0.25, -0.2) is 4.98 Å². The molecule has 6 heteroatoms. The van der Waals surface area contributed by atoms with Gasteiger partial charge in [0, 0.05) is 7.05 Å². The zero-order valence-corrected chi connectivity index (χ0v) is 8.36. The maximum absolute atomic E-state index is 12.3. The van der Waals surface area contributed by atoms with E-state index in [-0.39, 0.29) is 5.56 Å². The Bertz CT molecular complexity index is 518. The average Bonchev–Trinajstić information content (AvgIpc) is 2.57. The standard InChI is InChI=1S/C10H9F3N2O/c1-15-5-14-7-4-6(2-3-8(7)15)9(16)10(11,12)13/h2-5,9,16H,1H3/t9-/m1/s1. The number of aliphatic hydroxyl groups is 1. The molecule has 2 aromatic rings. The molecule has 0 amide bonds. The maximum atomic E-state index is 12.3. The first-order chi connectivity index (χ1) is 7.39. The third-order valence-corrected chi connectivity index (χ3v) is 2.38. The molecular formula is C10H9F3N2O. The van der Waals surface area contributed by atoms with Crippen LogP contribution in [0.5, 0.6) is 0 Å². The van der Waals surface area contributed by atoms with Gasteiger partial charge in [0.25, 0.3) is 0 Å². The van der Waals surface area contributed by atoms with Gasteiger partial charge in [0.1, 0.15) is 0 Å². The summed E-state index contributed by atoms with van der Waals surface area (Å²) in [5, 5.41) is 9.06. The van der Waals surface area contributed by atoms with Crippen LogP contribution >= 0.6 is 0 Å². The van der Waals surface area contributed by atoms with Crippen LogP contribution in [0, 0.1) is 0 Å². The number of aromatic nitrogens is 2. The van der Waals surface area contributed by atoms with Gasteiger partial charge in [-0.1, -0.05) is 6.07 Å². The minimum Gasteiger partial charge on any atom is -0.379 e. The summed E-state index contributed by atoms with van der Waals surface area (Å²) in [5.41, 5.74) is 0.958. The smallest absolute Gasteiger partial charge is 0.379 e. The molecule has 1 aromatic heterocycles. The zero-order chi connectivity index (χ0) is 11.9. The van der Waals surface area contributed by atoms with Gasteiger partial charge in [-0.05, 0) is 17.7 Å². The fourth-order valence-electron chi connectivity index (χ4n) is 1.51. The van der Waals surface area contributed by atoms with E-state index in [4.69, 9.17) is 5.11 Å². The molecule has 3 nitrogen and oxygen atoms in total. The van der Waals surface area contributed by atoms with E-state index in [0.717, 1.165) is 5.52 Å². The topological polar surface area (TPSA) is 38.0 Å². The Morgan fingerprint density at radius 2 is 2.06 bits per heavy atom. The fraction of sp³-hybridized carbons (Fsp3) is 0.300. The molecule has 0 bridgehead atoms. The molecule has 1 heterocycles. The van der Waals surface area contributed by atoms with Gasteiger partial charge < -0.3 is 9.67 Å². The summed E-state index contributed by atoms with van der Waals surface area (Å²) in [6.45, 7) is 0. The van der Waals surface area contributed by atoms with E-state index < -0.39 is 12.3 Å². The first-order valence-electron chi connectivity index (χ1n) is 4.55. The predicted molar refractivity (Wildman–Crippen MR) is 51.7 cm³/mol. The Morgan fingerprint density at radius 3 is 2.69 bits per heavy atom. The molecular weight excluding hydrogens is 221 g/mol. The number of aliphatic hydroxyl groups excluding tert-OH is 1. The number of hydrogen-bond donors (Lipinski definition) is 1. The Balaban J connectivity index is 2.47. The lowest BCUT2D eigenvalue weighted by atomic mass is 10.1. The van der Waals surface area contributed by atoms with Crippen LogP contribution in [0.3, 0.4) is 0 Å². The van der Waals surface area contributed by atoms with Gasteiger partial charge in [-0.2, -0.15) is 13.2 Å². The molecule has 1 atom stereocenters. The van der Waals surface area contributed by atoms with E-state index in [0.29, 0.717) is 5.52 Å². The van der Waals surface area contributed by atoms with Crippen molar-refractivity contribution in [3.63, 3.8) is 0 Å². The van der Waals surface area contributed by atoms with E-state index in [9.17, 15) is 13.2 Å². The number of hydrogen-bond acceptors (Lipinski definition) is 2. The molecule has 0 aliphatic heterocycles. The van der Waals surface area contributed by atoms with Crippen LogP contribution in [0.2, 0.25) is 0 Å². The monoisotopic (exact) mass is 230 g/mol. The van der Waals surface area contributed by atoms with E-state index in [1.54, 1.807) is 11.6 Å². The third kappa shape index (κ3) is 1.76. The summed E-state index contributed by atoms with van der Waals surface area (Å²) in [6.07, 6.45) is -5.60. The van der Waals surface area contributed by atoms with Crippen LogP contribution < -0.4 is 0 Å². The highest BCUT2D eigenvalue weighted by molar-refractivity contribution is 5.76. The Labute approximate surface area is 89.1 Å². The fourth-order valence-corrected chi connectivity index (χ4v) is 1.51. The molecule has 0 unspecified atom stereocenters. The van der Waals surface area contributed by atoms with Crippen molar-refractivity contribution in [1.29, 1.82) is 0 Å². The molecule has 2 rings (SSSR count). The van der Waals surface area contributed by atoms with Crippen LogP contribution in [0.4, 0.5) is 13.2 Å². The quantitative estimate of drug-likeness (QED) is 0.815. The van der Waals surface area contributed by atoms with E-state index in [1.807, 2.05) is 0 Å². The van der Waals surface area contributed by atoms with Crippen molar-refractivity contribution in [2.24, 2.45) is 7.05 Å². The second-order valence-corrected chi connectivity index (χ2v) is 3.55. The summed E-state index contributed by atoms with van der Waals surface area (Å²) in [6, 6.07) is 4.00. The second-order valence-electron chi connectivity index (χ2n) is 3.55. The molecule has 0 radical (unpaired) electrons. The van der Waals surface area contributed by atoms with Crippen LogP contribution in [-0.2, 0) is 7.05 Å². The van der Waals surface area contributed by atoms with Crippen LogP contribution in [0.15, 0.2) is 24.5 Å². The van der Waals surface area contributed by atoms with Crippen molar-refractivity contribution in [2.45, 2.75) is 12.3 Å². The van der Waals surface area contributed by atoms with Gasteiger partial charge in [0.05, 0.1) is 17.4 Å². The number of benzene rings is 1. The van der Waals surface area contributed by atoms with Crippen LogP contribution in [-0.4, -0.2) is 20.8 Å². The summed E-state index contributed by atoms with van der Waals surface area (Å²) in [7, 11) is 1.75. The summed E-state index contributed by atoms with van der Waals surface area (Å²) in [4.78, 5) is 3.93. The number of nitrogens with zero attached hydrogens (tertiary/aromatic N) is 2. The number of fused-ring (bicyclic) bond motifs is 1. The van der Waals surface area contributed by atoms with Gasteiger partial charge in [-0.15, -0.1) is 0 Å². The summed E-state index contributed by atoms with van der Waals surface area (Å²) >= 11 is 0. The lowest BCUT2D eigenvalue weighted by Gasteiger charge is -2.14. The van der Waals surface area contributed by atoms with Crippen molar-refractivity contribution in [1.82, 2.24) is 9.55 Å². The highest BCUT2D eigenvalue weighted by Gasteiger charge is 2.39. The van der Waals surface area contributed by atoms with Crippen molar-refractivity contribution in [2.75, 3.05) is 0 Å². The highest BCUT2D eigenvalue weighted by Crippen LogP contribution is 2.33. The molecule has 0 aliphatic carbocycles. The van der Waals surface area contributed by atoms with Crippen molar-refractivity contribution < 1.29 is 18.3 Å². The number of halogens is 3. The minimum atomic E-state index is -4.65. The normalized spacial score (nSPS) is 14.3. The molecule has 1 N–H and O–H groups in total. The summed E-state index contributed by atoms with van der Waals surface area (Å²) in [5.74, 6) is 0. The maximum Gasteiger partial charge on any atom is 0.418 e. The first kappa shape index (κ1) is 10.9. The van der Waals surface area contributed by atoms with E-state index >= 15 is 0 Å². The van der Waals surface area contributed by atoms with Crippen molar-refractivity contribution >= 4 is 11.0 Å². The average molecular weight is 230 g/mol. The van der Waals surface area contributed by atoms with Gasteiger partial charge in [0.2, 0.25) is 0 Å².